The first-order valence-corrected chi connectivity index (χ1v) is 10.4. The van der Waals surface area contributed by atoms with E-state index in [1.165, 1.54) is 0 Å². The van der Waals surface area contributed by atoms with Gasteiger partial charge in [0.25, 0.3) is 0 Å². The highest BCUT2D eigenvalue weighted by Gasteiger charge is 2.24. The maximum atomic E-state index is 9.23. The molecule has 5 rings (SSSR count). The van der Waals surface area contributed by atoms with E-state index in [4.69, 9.17) is 0 Å². The van der Waals surface area contributed by atoms with Crippen LogP contribution < -0.4 is 4.90 Å². The molecule has 3 aromatic heterocycles. The summed E-state index contributed by atoms with van der Waals surface area (Å²) in [6, 6.07) is 10.9. The van der Waals surface area contributed by atoms with Gasteiger partial charge in [-0.05, 0) is 39.9 Å². The summed E-state index contributed by atoms with van der Waals surface area (Å²) in [7, 11) is 0. The fourth-order valence-electron chi connectivity index (χ4n) is 4.08. The van der Waals surface area contributed by atoms with Crippen molar-refractivity contribution in [2.75, 3.05) is 18.0 Å². The van der Waals surface area contributed by atoms with Crippen molar-refractivity contribution in [2.24, 2.45) is 5.92 Å². The topological polar surface area (TPSA) is 84.4 Å². The van der Waals surface area contributed by atoms with Gasteiger partial charge in [0.1, 0.15) is 5.65 Å². The molecule has 0 saturated carbocycles. The first kappa shape index (κ1) is 18.0. The van der Waals surface area contributed by atoms with Gasteiger partial charge in [-0.3, -0.25) is 5.10 Å². The van der Waals surface area contributed by atoms with Crippen molar-refractivity contribution < 1.29 is 0 Å². The van der Waals surface area contributed by atoms with Crippen LogP contribution in [0.4, 0.5) is 5.69 Å². The number of H-pyrrole nitrogens is 2. The number of aromatic nitrogens is 4. The molecule has 29 heavy (non-hydrogen) atoms. The number of nitriles is 1. The summed E-state index contributed by atoms with van der Waals surface area (Å²) in [6.45, 7) is 1.75. The molecular weight excluding hydrogens is 428 g/mol. The summed E-state index contributed by atoms with van der Waals surface area (Å²) in [5, 5.41) is 17.2. The third-order valence-corrected chi connectivity index (χ3v) is 6.23. The Bertz CT molecular complexity index is 1180. The van der Waals surface area contributed by atoms with Gasteiger partial charge in [0.15, 0.2) is 0 Å². The van der Waals surface area contributed by atoms with Crippen LogP contribution >= 0.6 is 15.9 Å². The van der Waals surface area contributed by atoms with Crippen LogP contribution in [0.15, 0.2) is 53.5 Å². The minimum atomic E-state index is 0.156. The van der Waals surface area contributed by atoms with Crippen LogP contribution in [-0.4, -0.2) is 33.3 Å². The molecule has 0 atom stereocenters. The third kappa shape index (κ3) is 3.19. The molecular formula is C22H19BrN6. The standard InChI is InChI=1S/C22H19BrN6/c23-19-13-26-22-20(21(19)29-7-5-14(9-24)6-8-29)18(12-25-22)16-3-1-15(2-4-16)17-10-27-28-11-17/h1-4,10-14H,5-8H2,(H,25,26)(H,27,28). The molecule has 0 spiro atoms. The van der Waals surface area contributed by atoms with Crippen LogP contribution in [0.25, 0.3) is 33.3 Å². The zero-order valence-corrected chi connectivity index (χ0v) is 17.3. The Morgan fingerprint density at radius 1 is 1.03 bits per heavy atom. The first-order chi connectivity index (χ1) is 14.2. The summed E-state index contributed by atoms with van der Waals surface area (Å²) in [5.41, 5.74) is 6.49. The molecule has 1 fully saturated rings. The van der Waals surface area contributed by atoms with Crippen LogP contribution in [-0.2, 0) is 0 Å². The van der Waals surface area contributed by atoms with Gasteiger partial charge in [-0.1, -0.05) is 24.3 Å². The predicted octanol–water partition coefficient (Wildman–Crippen LogP) is 5.12. The molecule has 6 nitrogen and oxygen atoms in total. The van der Waals surface area contributed by atoms with Gasteiger partial charge in [0.2, 0.25) is 0 Å². The van der Waals surface area contributed by atoms with Crippen molar-refractivity contribution in [2.45, 2.75) is 12.8 Å². The molecule has 0 amide bonds. The molecule has 4 heterocycles. The summed E-state index contributed by atoms with van der Waals surface area (Å²) in [6.07, 6.45) is 9.39. The number of anilines is 1. The number of aromatic amines is 2. The van der Waals surface area contributed by atoms with Crippen LogP contribution in [0.5, 0.6) is 0 Å². The summed E-state index contributed by atoms with van der Waals surface area (Å²) in [5.74, 6) is 0.156. The minimum Gasteiger partial charge on any atom is -0.370 e. The molecule has 0 radical (unpaired) electrons. The van der Waals surface area contributed by atoms with E-state index in [-0.39, 0.29) is 5.92 Å². The maximum Gasteiger partial charge on any atom is 0.140 e. The lowest BCUT2D eigenvalue weighted by molar-refractivity contribution is 0.488. The van der Waals surface area contributed by atoms with E-state index in [1.54, 1.807) is 0 Å². The highest BCUT2D eigenvalue weighted by atomic mass is 79.9. The Labute approximate surface area is 176 Å². The number of pyridine rings is 1. The van der Waals surface area contributed by atoms with E-state index >= 15 is 0 Å². The van der Waals surface area contributed by atoms with Gasteiger partial charge < -0.3 is 9.88 Å². The summed E-state index contributed by atoms with van der Waals surface area (Å²) < 4.78 is 0.983. The number of fused-ring (bicyclic) bond motifs is 1. The second kappa shape index (κ2) is 7.37. The van der Waals surface area contributed by atoms with Gasteiger partial charge in [-0.25, -0.2) is 4.98 Å². The van der Waals surface area contributed by atoms with Gasteiger partial charge in [0, 0.05) is 48.7 Å². The van der Waals surface area contributed by atoms with Crippen molar-refractivity contribution in [3.63, 3.8) is 0 Å². The Morgan fingerprint density at radius 3 is 2.48 bits per heavy atom. The van der Waals surface area contributed by atoms with E-state index in [0.717, 1.165) is 69.4 Å². The number of nitrogens with one attached hydrogen (secondary N) is 2. The first-order valence-electron chi connectivity index (χ1n) is 9.64. The van der Waals surface area contributed by atoms with E-state index < -0.39 is 0 Å². The summed E-state index contributed by atoms with van der Waals surface area (Å²) in [4.78, 5) is 10.3. The zero-order chi connectivity index (χ0) is 19.8. The van der Waals surface area contributed by atoms with Crippen molar-refractivity contribution >= 4 is 32.7 Å². The highest BCUT2D eigenvalue weighted by Crippen LogP contribution is 2.41. The normalized spacial score (nSPS) is 15.0. The Morgan fingerprint density at radius 2 is 1.79 bits per heavy atom. The number of nitrogens with zero attached hydrogens (tertiary/aromatic N) is 4. The van der Waals surface area contributed by atoms with Crippen LogP contribution in [0.3, 0.4) is 0 Å². The number of rotatable bonds is 3. The van der Waals surface area contributed by atoms with E-state index in [0.29, 0.717) is 0 Å². The van der Waals surface area contributed by atoms with E-state index in [1.807, 2.05) is 24.8 Å². The highest BCUT2D eigenvalue weighted by molar-refractivity contribution is 9.10. The molecule has 1 saturated heterocycles. The third-order valence-electron chi connectivity index (χ3n) is 5.65. The average Bonchev–Trinajstić information content (AvgIpc) is 3.44. The van der Waals surface area contributed by atoms with Crippen molar-refractivity contribution in [1.29, 1.82) is 5.26 Å². The SMILES string of the molecule is N#CC1CCN(c2c(Br)cnc3[nH]cc(-c4ccc(-c5cn[nH]c5)cc4)c23)CC1. The Hall–Kier alpha value is -3.11. The lowest BCUT2D eigenvalue weighted by Crippen LogP contribution is -2.33. The molecule has 1 aliphatic rings. The lowest BCUT2D eigenvalue weighted by Gasteiger charge is -2.32. The molecule has 7 heteroatoms. The van der Waals surface area contributed by atoms with Crippen molar-refractivity contribution in [3.05, 3.63) is 53.5 Å². The van der Waals surface area contributed by atoms with E-state index in [2.05, 4.69) is 71.3 Å². The minimum absolute atomic E-state index is 0.156. The van der Waals surface area contributed by atoms with Gasteiger partial charge in [-0.15, -0.1) is 0 Å². The fraction of sp³-hybridized carbons (Fsp3) is 0.227. The molecule has 4 aromatic rings. The zero-order valence-electron chi connectivity index (χ0n) is 15.7. The van der Waals surface area contributed by atoms with Crippen LogP contribution in [0.1, 0.15) is 12.8 Å². The van der Waals surface area contributed by atoms with Crippen molar-refractivity contribution in [3.8, 4) is 28.3 Å². The number of hydrogen-bond donors (Lipinski definition) is 2. The molecule has 0 unspecified atom stereocenters. The summed E-state index contributed by atoms with van der Waals surface area (Å²) >= 11 is 3.72. The predicted molar refractivity (Wildman–Crippen MR) is 117 cm³/mol. The molecule has 0 bridgehead atoms. The number of benzene rings is 1. The Balaban J connectivity index is 1.57. The maximum absolute atomic E-state index is 9.23. The quantitative estimate of drug-likeness (QED) is 0.457. The molecule has 144 valence electrons. The monoisotopic (exact) mass is 446 g/mol. The number of piperidine rings is 1. The fourth-order valence-corrected chi connectivity index (χ4v) is 4.63. The van der Waals surface area contributed by atoms with Crippen molar-refractivity contribution in [1.82, 2.24) is 20.2 Å². The van der Waals surface area contributed by atoms with Gasteiger partial charge in [-0.2, -0.15) is 10.4 Å². The average molecular weight is 447 g/mol. The van der Waals surface area contributed by atoms with E-state index in [9.17, 15) is 5.26 Å². The lowest BCUT2D eigenvalue weighted by atomic mass is 9.97. The van der Waals surface area contributed by atoms with Crippen LogP contribution in [0, 0.1) is 17.2 Å². The second-order valence-corrected chi connectivity index (χ2v) is 8.19. The molecule has 2 N–H and O–H groups in total. The van der Waals surface area contributed by atoms with Gasteiger partial charge in [0.05, 0.1) is 27.8 Å². The molecule has 0 aliphatic carbocycles. The number of hydrogen-bond acceptors (Lipinski definition) is 4. The van der Waals surface area contributed by atoms with Crippen LogP contribution in [0.2, 0.25) is 0 Å². The largest absolute Gasteiger partial charge is 0.370 e. The van der Waals surface area contributed by atoms with Gasteiger partial charge >= 0.3 is 0 Å². The molecule has 1 aromatic carbocycles. The second-order valence-electron chi connectivity index (χ2n) is 7.34. The Kier molecular flexibility index (Phi) is 4.57. The number of halogens is 1. The molecule has 1 aliphatic heterocycles. The smallest absolute Gasteiger partial charge is 0.140 e.